The second-order valence-corrected chi connectivity index (χ2v) is 9.76. The highest BCUT2D eigenvalue weighted by atomic mass is 35.5. The first-order valence-electron chi connectivity index (χ1n) is 9.61. The number of hydrogen-bond acceptors (Lipinski definition) is 5. The summed E-state index contributed by atoms with van der Waals surface area (Å²) in [6.45, 7) is -0.101. The van der Waals surface area contributed by atoms with Gasteiger partial charge >= 0.3 is 0 Å². The van der Waals surface area contributed by atoms with Crippen molar-refractivity contribution in [3.63, 3.8) is 0 Å². The molecule has 4 aliphatic rings. The fourth-order valence-corrected chi connectivity index (χ4v) is 6.89. The lowest BCUT2D eigenvalue weighted by Crippen LogP contribution is -2.48. The molecule has 1 aromatic heterocycles. The number of benzene rings is 1. The highest BCUT2D eigenvalue weighted by Gasteiger charge is 2.53. The van der Waals surface area contributed by atoms with E-state index in [1.807, 2.05) is 12.1 Å². The van der Waals surface area contributed by atoms with Gasteiger partial charge in [0.2, 0.25) is 5.13 Å². The third-order valence-electron chi connectivity index (χ3n) is 6.36. The second-order valence-electron chi connectivity index (χ2n) is 8.38. The molecule has 0 aliphatic heterocycles. The van der Waals surface area contributed by atoms with E-state index < -0.39 is 0 Å². The van der Waals surface area contributed by atoms with Gasteiger partial charge in [-0.15, -0.1) is 10.2 Å². The van der Waals surface area contributed by atoms with Crippen molar-refractivity contribution in [2.24, 2.45) is 17.8 Å². The van der Waals surface area contributed by atoms with Crippen LogP contribution in [0.3, 0.4) is 0 Å². The first-order chi connectivity index (χ1) is 13.1. The van der Waals surface area contributed by atoms with E-state index in [9.17, 15) is 4.79 Å². The largest absolute Gasteiger partial charge is 0.482 e. The number of para-hydroxylation sites is 1. The Balaban J connectivity index is 1.24. The predicted octanol–water partition coefficient (Wildman–Crippen LogP) is 4.68. The summed E-state index contributed by atoms with van der Waals surface area (Å²) in [5.74, 6) is 2.84. The monoisotopic (exact) mass is 403 g/mol. The van der Waals surface area contributed by atoms with Crippen molar-refractivity contribution in [2.45, 2.75) is 43.9 Å². The number of amides is 1. The Morgan fingerprint density at radius 3 is 2.48 bits per heavy atom. The number of halogens is 1. The summed E-state index contributed by atoms with van der Waals surface area (Å²) in [5.41, 5.74) is 0.212. The molecule has 7 heteroatoms. The molecule has 2 aromatic rings. The highest BCUT2D eigenvalue weighted by Crippen LogP contribution is 2.61. The molecule has 4 aliphatic carbocycles. The van der Waals surface area contributed by atoms with Crippen LogP contribution in [0.15, 0.2) is 24.3 Å². The highest BCUT2D eigenvalue weighted by molar-refractivity contribution is 7.15. The van der Waals surface area contributed by atoms with Crippen molar-refractivity contribution in [1.82, 2.24) is 10.2 Å². The zero-order chi connectivity index (χ0) is 18.4. The van der Waals surface area contributed by atoms with E-state index >= 15 is 0 Å². The van der Waals surface area contributed by atoms with E-state index in [-0.39, 0.29) is 17.9 Å². The van der Waals surface area contributed by atoms with Gasteiger partial charge < -0.3 is 4.74 Å². The van der Waals surface area contributed by atoms with Crippen LogP contribution >= 0.6 is 22.9 Å². The van der Waals surface area contributed by atoms with E-state index in [1.54, 1.807) is 12.1 Å². The van der Waals surface area contributed by atoms with Crippen LogP contribution in [0.4, 0.5) is 5.13 Å². The molecule has 0 saturated heterocycles. The number of anilines is 1. The Kier molecular flexibility index (Phi) is 4.36. The lowest BCUT2D eigenvalue weighted by Gasteiger charge is -2.55. The molecule has 27 heavy (non-hydrogen) atoms. The summed E-state index contributed by atoms with van der Waals surface area (Å²) in [6, 6.07) is 7.12. The van der Waals surface area contributed by atoms with Gasteiger partial charge in [0.1, 0.15) is 10.8 Å². The lowest BCUT2D eigenvalue weighted by atomic mass is 9.50. The minimum absolute atomic E-state index is 0.101. The van der Waals surface area contributed by atoms with Crippen LogP contribution in [0.1, 0.15) is 43.5 Å². The smallest absolute Gasteiger partial charge is 0.264 e. The molecule has 0 radical (unpaired) electrons. The third kappa shape index (κ3) is 3.34. The van der Waals surface area contributed by atoms with Crippen LogP contribution in [-0.4, -0.2) is 22.7 Å². The normalized spacial score (nSPS) is 31.1. The minimum atomic E-state index is -0.247. The van der Waals surface area contributed by atoms with Crippen molar-refractivity contribution >= 4 is 34.0 Å². The number of carbonyl (C=O) groups is 1. The molecule has 1 amide bonds. The molecule has 1 heterocycles. The summed E-state index contributed by atoms with van der Waals surface area (Å²) in [4.78, 5) is 12.2. The van der Waals surface area contributed by atoms with Crippen molar-refractivity contribution < 1.29 is 9.53 Å². The Morgan fingerprint density at radius 1 is 1.15 bits per heavy atom. The van der Waals surface area contributed by atoms with Crippen LogP contribution in [0.25, 0.3) is 0 Å². The van der Waals surface area contributed by atoms with E-state index in [1.165, 1.54) is 49.9 Å². The maximum atomic E-state index is 12.2. The lowest BCUT2D eigenvalue weighted by molar-refractivity contribution is -0.118. The number of nitrogens with one attached hydrogen (secondary N) is 1. The van der Waals surface area contributed by atoms with Crippen LogP contribution in [0.5, 0.6) is 5.75 Å². The molecule has 5 nitrogen and oxygen atoms in total. The third-order valence-corrected chi connectivity index (χ3v) is 7.76. The number of aromatic nitrogens is 2. The average molecular weight is 404 g/mol. The van der Waals surface area contributed by atoms with E-state index in [2.05, 4.69) is 15.5 Å². The summed E-state index contributed by atoms with van der Waals surface area (Å²) < 4.78 is 5.49. The summed E-state index contributed by atoms with van der Waals surface area (Å²) in [6.07, 6.45) is 7.95. The summed E-state index contributed by atoms with van der Waals surface area (Å²) in [5, 5.41) is 13.7. The molecule has 0 unspecified atom stereocenters. The molecule has 4 fully saturated rings. The molecule has 1 aromatic carbocycles. The number of ether oxygens (including phenoxy) is 1. The molecule has 4 saturated carbocycles. The molecule has 142 valence electrons. The van der Waals surface area contributed by atoms with Gasteiger partial charge in [-0.2, -0.15) is 0 Å². The van der Waals surface area contributed by atoms with E-state index in [0.717, 1.165) is 22.8 Å². The second kappa shape index (κ2) is 6.74. The SMILES string of the molecule is O=C(COc1ccccc1Cl)Nc1nnc(C23CC4CC(CC(C4)C2)C3)s1. The van der Waals surface area contributed by atoms with E-state index in [0.29, 0.717) is 15.9 Å². The first kappa shape index (κ1) is 17.4. The van der Waals surface area contributed by atoms with Gasteiger partial charge in [-0.1, -0.05) is 35.1 Å². The number of hydrogen-bond donors (Lipinski definition) is 1. The van der Waals surface area contributed by atoms with Gasteiger partial charge in [-0.3, -0.25) is 10.1 Å². The van der Waals surface area contributed by atoms with Gasteiger partial charge in [0, 0.05) is 5.41 Å². The van der Waals surface area contributed by atoms with Gasteiger partial charge in [0.15, 0.2) is 6.61 Å². The summed E-state index contributed by atoms with van der Waals surface area (Å²) in [7, 11) is 0. The molecule has 1 N–H and O–H groups in total. The molecule has 0 atom stereocenters. The Bertz CT molecular complexity index is 833. The first-order valence-corrected chi connectivity index (χ1v) is 10.8. The average Bonchev–Trinajstić information content (AvgIpc) is 3.09. The van der Waals surface area contributed by atoms with E-state index in [4.69, 9.17) is 16.3 Å². The van der Waals surface area contributed by atoms with Crippen molar-refractivity contribution in [3.8, 4) is 5.75 Å². The fourth-order valence-electron chi connectivity index (χ4n) is 5.72. The quantitative estimate of drug-likeness (QED) is 0.787. The van der Waals surface area contributed by atoms with Crippen LogP contribution in [0.2, 0.25) is 5.02 Å². The zero-order valence-electron chi connectivity index (χ0n) is 15.0. The maximum absolute atomic E-state index is 12.2. The maximum Gasteiger partial charge on any atom is 0.264 e. The van der Waals surface area contributed by atoms with Crippen molar-refractivity contribution in [1.29, 1.82) is 0 Å². The van der Waals surface area contributed by atoms with Gasteiger partial charge in [0.25, 0.3) is 5.91 Å². The summed E-state index contributed by atoms with van der Waals surface area (Å²) >= 11 is 7.58. The standard InChI is InChI=1S/C20H22ClN3O2S/c21-15-3-1-2-4-16(15)26-11-17(25)22-19-24-23-18(27-19)20-8-12-5-13(9-20)7-14(6-12)10-20/h1-4,12-14H,5-11H2,(H,22,24,25). The van der Waals surface area contributed by atoms with Crippen LogP contribution in [-0.2, 0) is 10.2 Å². The molecular formula is C20H22ClN3O2S. The molecule has 0 spiro atoms. The number of carbonyl (C=O) groups excluding carboxylic acids is 1. The van der Waals surface area contributed by atoms with Gasteiger partial charge in [-0.05, 0) is 68.4 Å². The topological polar surface area (TPSA) is 64.1 Å². The number of nitrogens with zero attached hydrogens (tertiary/aromatic N) is 2. The predicted molar refractivity (Wildman–Crippen MR) is 105 cm³/mol. The van der Waals surface area contributed by atoms with Gasteiger partial charge in [0.05, 0.1) is 5.02 Å². The number of rotatable bonds is 5. The molecule has 4 bridgehead atoms. The molecule has 6 rings (SSSR count). The zero-order valence-corrected chi connectivity index (χ0v) is 16.6. The Morgan fingerprint density at radius 2 is 1.81 bits per heavy atom. The minimum Gasteiger partial charge on any atom is -0.482 e. The fraction of sp³-hybridized carbons (Fsp3) is 0.550. The Labute approximate surface area is 167 Å². The van der Waals surface area contributed by atoms with Crippen LogP contribution in [0, 0.1) is 17.8 Å². The van der Waals surface area contributed by atoms with Crippen LogP contribution < -0.4 is 10.1 Å². The van der Waals surface area contributed by atoms with Crippen molar-refractivity contribution in [3.05, 3.63) is 34.3 Å². The Hall–Kier alpha value is -1.66. The molecular weight excluding hydrogens is 382 g/mol. The van der Waals surface area contributed by atoms with Gasteiger partial charge in [-0.25, -0.2) is 0 Å². The van der Waals surface area contributed by atoms with Crippen molar-refractivity contribution in [2.75, 3.05) is 11.9 Å².